The molecule has 1 amide bonds. The van der Waals surface area contributed by atoms with E-state index in [9.17, 15) is 4.79 Å². The van der Waals surface area contributed by atoms with Gasteiger partial charge < -0.3 is 15.3 Å². The van der Waals surface area contributed by atoms with Crippen molar-refractivity contribution in [2.24, 2.45) is 0 Å². The molecule has 11 heavy (non-hydrogen) atoms. The smallest absolute Gasteiger partial charge is 0.404 e. The van der Waals surface area contributed by atoms with Crippen LogP contribution in [0.5, 0.6) is 0 Å². The minimum Gasteiger partial charge on any atom is -0.465 e. The molecule has 1 aliphatic rings. The molecule has 0 aromatic carbocycles. The Labute approximate surface area is 67.7 Å². The van der Waals surface area contributed by atoms with Crippen molar-refractivity contribution in [3.8, 4) is 0 Å². The van der Waals surface area contributed by atoms with Gasteiger partial charge in [0.15, 0.2) is 0 Å². The van der Waals surface area contributed by atoms with Crippen molar-refractivity contribution in [2.45, 2.75) is 12.8 Å². The lowest BCUT2D eigenvalue weighted by Crippen LogP contribution is -2.32. The van der Waals surface area contributed by atoms with Crippen LogP contribution >= 0.6 is 0 Å². The number of likely N-dealkylation sites (tertiary alicyclic amines) is 1. The van der Waals surface area contributed by atoms with E-state index in [1.165, 1.54) is 12.8 Å². The van der Waals surface area contributed by atoms with E-state index in [-0.39, 0.29) is 1.43 Å². The van der Waals surface area contributed by atoms with Crippen LogP contribution in [0.3, 0.4) is 0 Å². The highest BCUT2D eigenvalue weighted by Crippen LogP contribution is 2.05. The van der Waals surface area contributed by atoms with Crippen molar-refractivity contribution in [1.82, 2.24) is 10.2 Å². The summed E-state index contributed by atoms with van der Waals surface area (Å²) in [5, 5.41) is 10.6. The SMILES string of the molecule is O=C(O)NCCN1CCCC1.[HH]. The number of hydrogen-bond acceptors (Lipinski definition) is 2. The summed E-state index contributed by atoms with van der Waals surface area (Å²) in [6, 6.07) is 0. The molecule has 0 saturated carbocycles. The van der Waals surface area contributed by atoms with Gasteiger partial charge in [0.25, 0.3) is 0 Å². The molecule has 0 bridgehead atoms. The summed E-state index contributed by atoms with van der Waals surface area (Å²) in [7, 11) is 0. The second-order valence-electron chi connectivity index (χ2n) is 2.78. The molecule has 0 spiro atoms. The predicted octanol–water partition coefficient (Wildman–Crippen LogP) is 0.596. The van der Waals surface area contributed by atoms with Crippen molar-refractivity contribution >= 4 is 6.09 Å². The molecular weight excluding hydrogens is 144 g/mol. The minimum absolute atomic E-state index is 0. The third-order valence-corrected chi connectivity index (χ3v) is 1.90. The fraction of sp³-hybridized carbons (Fsp3) is 0.857. The monoisotopic (exact) mass is 160 g/mol. The van der Waals surface area contributed by atoms with Crippen molar-refractivity contribution < 1.29 is 11.3 Å². The topological polar surface area (TPSA) is 52.6 Å². The zero-order valence-corrected chi connectivity index (χ0v) is 6.55. The molecule has 66 valence electrons. The van der Waals surface area contributed by atoms with Crippen LogP contribution in [0.4, 0.5) is 4.79 Å². The summed E-state index contributed by atoms with van der Waals surface area (Å²) in [5.74, 6) is 0. The second kappa shape index (κ2) is 4.18. The average Bonchev–Trinajstić information content (AvgIpc) is 2.39. The molecule has 0 radical (unpaired) electrons. The Morgan fingerprint density at radius 3 is 2.73 bits per heavy atom. The van der Waals surface area contributed by atoms with Gasteiger partial charge in [-0.25, -0.2) is 4.79 Å². The lowest BCUT2D eigenvalue weighted by Gasteiger charge is -2.13. The first-order chi connectivity index (χ1) is 5.29. The highest BCUT2D eigenvalue weighted by molar-refractivity contribution is 5.64. The van der Waals surface area contributed by atoms with Gasteiger partial charge in [0, 0.05) is 14.5 Å². The van der Waals surface area contributed by atoms with Gasteiger partial charge in [-0.1, -0.05) is 0 Å². The van der Waals surface area contributed by atoms with Crippen LogP contribution in [0.15, 0.2) is 0 Å². The van der Waals surface area contributed by atoms with E-state index in [2.05, 4.69) is 10.2 Å². The summed E-state index contributed by atoms with van der Waals surface area (Å²) in [4.78, 5) is 12.3. The summed E-state index contributed by atoms with van der Waals surface area (Å²) in [6.45, 7) is 3.66. The van der Waals surface area contributed by atoms with Crippen LogP contribution < -0.4 is 5.32 Å². The summed E-state index contributed by atoms with van der Waals surface area (Å²) in [6.07, 6.45) is 1.59. The highest BCUT2D eigenvalue weighted by Gasteiger charge is 2.10. The maximum atomic E-state index is 10.0. The van der Waals surface area contributed by atoms with Gasteiger partial charge in [-0.15, -0.1) is 0 Å². The third kappa shape index (κ3) is 3.23. The molecule has 1 saturated heterocycles. The molecule has 1 aliphatic heterocycles. The zero-order chi connectivity index (χ0) is 8.10. The summed E-state index contributed by atoms with van der Waals surface area (Å²) >= 11 is 0. The maximum absolute atomic E-state index is 10.0. The van der Waals surface area contributed by atoms with Gasteiger partial charge in [-0.3, -0.25) is 0 Å². The molecule has 4 nitrogen and oxygen atoms in total. The van der Waals surface area contributed by atoms with Gasteiger partial charge in [-0.05, 0) is 25.9 Å². The molecule has 1 heterocycles. The van der Waals surface area contributed by atoms with Crippen LogP contribution in [-0.4, -0.2) is 42.3 Å². The number of carbonyl (C=O) groups is 1. The van der Waals surface area contributed by atoms with Crippen LogP contribution in [0.1, 0.15) is 14.3 Å². The molecule has 1 fully saturated rings. The number of amides is 1. The Hall–Kier alpha value is -0.770. The Kier molecular flexibility index (Phi) is 3.16. The molecule has 0 aromatic rings. The molecule has 1 rings (SSSR count). The van der Waals surface area contributed by atoms with Crippen LogP contribution in [0.25, 0.3) is 0 Å². The molecular formula is C7H16N2O2. The van der Waals surface area contributed by atoms with Crippen molar-refractivity contribution in [2.75, 3.05) is 26.2 Å². The molecule has 2 N–H and O–H groups in total. The highest BCUT2D eigenvalue weighted by atomic mass is 16.4. The Balaban J connectivity index is 0.00000121. The van der Waals surface area contributed by atoms with E-state index in [0.29, 0.717) is 6.54 Å². The molecule has 0 aliphatic carbocycles. The zero-order valence-electron chi connectivity index (χ0n) is 6.55. The van der Waals surface area contributed by atoms with Crippen molar-refractivity contribution in [1.29, 1.82) is 0 Å². The van der Waals surface area contributed by atoms with Crippen LogP contribution in [-0.2, 0) is 0 Å². The first kappa shape index (κ1) is 8.33. The van der Waals surface area contributed by atoms with Gasteiger partial charge in [0.2, 0.25) is 0 Å². The fourth-order valence-corrected chi connectivity index (χ4v) is 1.33. The predicted molar refractivity (Wildman–Crippen MR) is 43.8 cm³/mol. The van der Waals surface area contributed by atoms with Gasteiger partial charge >= 0.3 is 6.09 Å². The number of nitrogens with zero attached hydrogens (tertiary/aromatic N) is 1. The number of rotatable bonds is 3. The number of carboxylic acid groups (broad SMARTS) is 1. The van der Waals surface area contributed by atoms with Crippen molar-refractivity contribution in [3.05, 3.63) is 0 Å². The van der Waals surface area contributed by atoms with E-state index in [1.54, 1.807) is 0 Å². The Morgan fingerprint density at radius 2 is 2.18 bits per heavy atom. The fourth-order valence-electron chi connectivity index (χ4n) is 1.33. The summed E-state index contributed by atoms with van der Waals surface area (Å²) < 4.78 is 0. The molecule has 0 aromatic heterocycles. The lowest BCUT2D eigenvalue weighted by atomic mass is 10.4. The molecule has 0 atom stereocenters. The lowest BCUT2D eigenvalue weighted by molar-refractivity contribution is 0.192. The normalized spacial score (nSPS) is 18.5. The summed E-state index contributed by atoms with van der Waals surface area (Å²) in [5.41, 5.74) is 0. The van der Waals surface area contributed by atoms with Gasteiger partial charge in [-0.2, -0.15) is 0 Å². The first-order valence-corrected chi connectivity index (χ1v) is 3.98. The molecule has 4 heteroatoms. The van der Waals surface area contributed by atoms with E-state index in [4.69, 9.17) is 5.11 Å². The number of nitrogens with one attached hydrogen (secondary N) is 1. The van der Waals surface area contributed by atoms with E-state index in [0.717, 1.165) is 19.6 Å². The maximum Gasteiger partial charge on any atom is 0.404 e. The van der Waals surface area contributed by atoms with Crippen LogP contribution in [0, 0.1) is 0 Å². The number of hydrogen-bond donors (Lipinski definition) is 2. The van der Waals surface area contributed by atoms with Crippen LogP contribution in [0.2, 0.25) is 0 Å². The largest absolute Gasteiger partial charge is 0.465 e. The van der Waals surface area contributed by atoms with Gasteiger partial charge in [0.1, 0.15) is 0 Å². The van der Waals surface area contributed by atoms with E-state index < -0.39 is 6.09 Å². The van der Waals surface area contributed by atoms with E-state index in [1.807, 2.05) is 0 Å². The first-order valence-electron chi connectivity index (χ1n) is 3.98. The van der Waals surface area contributed by atoms with Crippen molar-refractivity contribution in [3.63, 3.8) is 0 Å². The molecule has 0 unspecified atom stereocenters. The second-order valence-corrected chi connectivity index (χ2v) is 2.78. The van der Waals surface area contributed by atoms with Gasteiger partial charge in [0.05, 0.1) is 0 Å². The van der Waals surface area contributed by atoms with E-state index >= 15 is 0 Å². The quantitative estimate of drug-likeness (QED) is 0.635. The standard InChI is InChI=1S/C7H14N2O2.H2/c10-7(11)8-3-6-9-4-1-2-5-9;/h8H,1-6H2,(H,10,11);1H. The third-order valence-electron chi connectivity index (χ3n) is 1.90. The Morgan fingerprint density at radius 1 is 1.55 bits per heavy atom. The Bertz CT molecular complexity index is 137. The minimum atomic E-state index is -0.927. The average molecular weight is 160 g/mol.